The molecule has 1 unspecified atom stereocenters. The monoisotopic (exact) mass is 449 g/mol. The van der Waals surface area contributed by atoms with E-state index < -0.39 is 6.10 Å². The molecule has 0 heterocycles. The molecule has 170 valence electrons. The molecule has 2 aromatic carbocycles. The number of para-hydroxylation sites is 1. The molecule has 6 nitrogen and oxygen atoms in total. The average Bonchev–Trinajstić information content (AvgIpc) is 2.98. The second-order valence-corrected chi connectivity index (χ2v) is 7.47. The Morgan fingerprint density at radius 1 is 1.16 bits per heavy atom. The Morgan fingerprint density at radius 3 is 2.74 bits per heavy atom. The Labute approximate surface area is 190 Å². The van der Waals surface area contributed by atoms with E-state index in [-0.39, 0.29) is 37.6 Å². The molecular formula is C24H32ClNO5. The highest BCUT2D eigenvalue weighted by Gasteiger charge is 2.20. The molecule has 31 heavy (non-hydrogen) atoms. The molecule has 0 aliphatic heterocycles. The van der Waals surface area contributed by atoms with Crippen molar-refractivity contribution in [3.63, 3.8) is 0 Å². The predicted molar refractivity (Wildman–Crippen MR) is 122 cm³/mol. The van der Waals surface area contributed by atoms with Crippen molar-refractivity contribution in [2.45, 2.75) is 44.8 Å². The Kier molecular flexibility index (Phi) is 10.6. The first-order valence-electron chi connectivity index (χ1n) is 10.6. The number of aliphatic hydroxyl groups is 1. The average molecular weight is 450 g/mol. The number of carbonyl (C=O) groups excluding carboxylic acids is 1. The van der Waals surface area contributed by atoms with E-state index in [1.165, 1.54) is 11.1 Å². The van der Waals surface area contributed by atoms with E-state index in [0.717, 1.165) is 37.2 Å². The molecule has 0 radical (unpaired) electrons. The summed E-state index contributed by atoms with van der Waals surface area (Å²) in [6.45, 7) is 2.80. The molecule has 0 spiro atoms. The van der Waals surface area contributed by atoms with Crippen LogP contribution in [-0.2, 0) is 22.4 Å². The van der Waals surface area contributed by atoms with Crippen molar-refractivity contribution in [1.29, 1.82) is 0 Å². The maximum atomic E-state index is 11.6. The SMILES string of the molecule is CCOC(=O)COc1cccc2c1CCCC(NC[C@H](O)COc1ccccc1)C2.Cl. The third-order valence-electron chi connectivity index (χ3n) is 5.15. The van der Waals surface area contributed by atoms with Gasteiger partial charge in [-0.3, -0.25) is 0 Å². The van der Waals surface area contributed by atoms with Crippen LogP contribution in [0.2, 0.25) is 0 Å². The van der Waals surface area contributed by atoms with Crippen LogP contribution >= 0.6 is 12.4 Å². The van der Waals surface area contributed by atoms with Crippen LogP contribution in [0.5, 0.6) is 11.5 Å². The Bertz CT molecular complexity index is 802. The van der Waals surface area contributed by atoms with Crippen molar-refractivity contribution in [2.75, 3.05) is 26.4 Å². The summed E-state index contributed by atoms with van der Waals surface area (Å²) in [4.78, 5) is 11.6. The van der Waals surface area contributed by atoms with Gasteiger partial charge in [0.05, 0.1) is 6.61 Å². The van der Waals surface area contributed by atoms with Crippen molar-refractivity contribution in [3.8, 4) is 11.5 Å². The molecule has 0 amide bonds. The molecule has 1 aliphatic carbocycles. The second kappa shape index (κ2) is 13.2. The lowest BCUT2D eigenvalue weighted by atomic mass is 10.0. The Hall–Kier alpha value is -2.28. The minimum atomic E-state index is -0.577. The van der Waals surface area contributed by atoms with Crippen molar-refractivity contribution in [3.05, 3.63) is 59.7 Å². The summed E-state index contributed by atoms with van der Waals surface area (Å²) in [5.74, 6) is 1.17. The number of halogens is 1. The molecule has 0 fully saturated rings. The summed E-state index contributed by atoms with van der Waals surface area (Å²) in [7, 11) is 0. The van der Waals surface area contributed by atoms with Crippen LogP contribution in [-0.4, -0.2) is 49.6 Å². The highest BCUT2D eigenvalue weighted by atomic mass is 35.5. The molecule has 0 bridgehead atoms. The molecule has 3 rings (SSSR count). The highest BCUT2D eigenvalue weighted by Crippen LogP contribution is 2.29. The van der Waals surface area contributed by atoms with Gasteiger partial charge < -0.3 is 24.6 Å². The van der Waals surface area contributed by atoms with E-state index in [1.54, 1.807) is 6.92 Å². The standard InChI is InChI=1S/C24H31NO5.ClH/c1-2-28-24(27)17-30-23-13-6-8-18-14-19(9-7-12-22(18)23)25-15-20(26)16-29-21-10-4-3-5-11-21;/h3-6,8,10-11,13,19-20,25-26H,2,7,9,12,14-17H2,1H3;1H/t19?,20-;/m0./s1. The first-order valence-corrected chi connectivity index (χ1v) is 10.6. The van der Waals surface area contributed by atoms with Gasteiger partial charge in [0.25, 0.3) is 0 Å². The van der Waals surface area contributed by atoms with E-state index in [2.05, 4.69) is 11.4 Å². The number of esters is 1. The van der Waals surface area contributed by atoms with Gasteiger partial charge in [0.15, 0.2) is 6.61 Å². The zero-order valence-electron chi connectivity index (χ0n) is 17.9. The van der Waals surface area contributed by atoms with Crippen molar-refractivity contribution in [2.24, 2.45) is 0 Å². The third kappa shape index (κ3) is 8.05. The number of nitrogens with one attached hydrogen (secondary N) is 1. The van der Waals surface area contributed by atoms with Gasteiger partial charge in [-0.15, -0.1) is 12.4 Å². The van der Waals surface area contributed by atoms with Gasteiger partial charge in [0.2, 0.25) is 0 Å². The van der Waals surface area contributed by atoms with E-state index in [9.17, 15) is 9.90 Å². The fourth-order valence-electron chi connectivity index (χ4n) is 3.70. The lowest BCUT2D eigenvalue weighted by molar-refractivity contribution is -0.145. The minimum absolute atomic E-state index is 0. The van der Waals surface area contributed by atoms with Crippen LogP contribution in [0, 0.1) is 0 Å². The van der Waals surface area contributed by atoms with Gasteiger partial charge >= 0.3 is 5.97 Å². The number of fused-ring (bicyclic) bond motifs is 1. The van der Waals surface area contributed by atoms with Crippen LogP contribution in [0.1, 0.15) is 30.9 Å². The zero-order chi connectivity index (χ0) is 21.2. The lowest BCUT2D eigenvalue weighted by Crippen LogP contribution is -2.39. The van der Waals surface area contributed by atoms with Gasteiger partial charge in [-0.05, 0) is 61.9 Å². The second-order valence-electron chi connectivity index (χ2n) is 7.47. The number of rotatable bonds is 10. The number of hydrogen-bond acceptors (Lipinski definition) is 6. The number of aliphatic hydroxyl groups excluding tert-OH is 1. The third-order valence-corrected chi connectivity index (χ3v) is 5.15. The van der Waals surface area contributed by atoms with E-state index >= 15 is 0 Å². The molecular weight excluding hydrogens is 418 g/mol. The normalized spacial score (nSPS) is 16.3. The van der Waals surface area contributed by atoms with Crippen molar-refractivity contribution >= 4 is 18.4 Å². The van der Waals surface area contributed by atoms with Gasteiger partial charge in [-0.25, -0.2) is 4.79 Å². The topological polar surface area (TPSA) is 77.0 Å². The molecule has 2 aromatic rings. The maximum absolute atomic E-state index is 11.6. The van der Waals surface area contributed by atoms with Crippen LogP contribution in [0.4, 0.5) is 0 Å². The van der Waals surface area contributed by atoms with Gasteiger partial charge in [-0.1, -0.05) is 30.3 Å². The van der Waals surface area contributed by atoms with Gasteiger partial charge in [-0.2, -0.15) is 0 Å². The van der Waals surface area contributed by atoms with Gasteiger partial charge in [0, 0.05) is 12.6 Å². The first-order chi connectivity index (χ1) is 14.7. The quantitative estimate of drug-likeness (QED) is 0.428. The van der Waals surface area contributed by atoms with Crippen LogP contribution < -0.4 is 14.8 Å². The summed E-state index contributed by atoms with van der Waals surface area (Å²) in [5, 5.41) is 13.7. The maximum Gasteiger partial charge on any atom is 0.344 e. The van der Waals surface area contributed by atoms with E-state index in [1.807, 2.05) is 42.5 Å². The van der Waals surface area contributed by atoms with Crippen LogP contribution in [0.25, 0.3) is 0 Å². The molecule has 1 aliphatic rings. The van der Waals surface area contributed by atoms with Crippen LogP contribution in [0.15, 0.2) is 48.5 Å². The largest absolute Gasteiger partial charge is 0.491 e. The minimum Gasteiger partial charge on any atom is -0.491 e. The number of carbonyl (C=O) groups is 1. The van der Waals surface area contributed by atoms with Crippen LogP contribution in [0.3, 0.4) is 0 Å². The number of hydrogen-bond donors (Lipinski definition) is 2. The number of benzene rings is 2. The fraction of sp³-hybridized carbons (Fsp3) is 0.458. The Morgan fingerprint density at radius 2 is 1.97 bits per heavy atom. The predicted octanol–water partition coefficient (Wildman–Crippen LogP) is 3.33. The lowest BCUT2D eigenvalue weighted by Gasteiger charge is -2.20. The molecule has 2 atom stereocenters. The molecule has 0 saturated carbocycles. The van der Waals surface area contributed by atoms with Crippen molar-refractivity contribution in [1.82, 2.24) is 5.32 Å². The van der Waals surface area contributed by atoms with Gasteiger partial charge in [0.1, 0.15) is 24.2 Å². The summed E-state index contributed by atoms with van der Waals surface area (Å²) in [5.41, 5.74) is 2.39. The number of ether oxygens (including phenoxy) is 3. The Balaban J connectivity index is 0.00000341. The van der Waals surface area contributed by atoms with E-state index in [4.69, 9.17) is 14.2 Å². The summed E-state index contributed by atoms with van der Waals surface area (Å²) in [6, 6.07) is 15.8. The van der Waals surface area contributed by atoms with E-state index in [0.29, 0.717) is 13.2 Å². The highest BCUT2D eigenvalue weighted by molar-refractivity contribution is 5.85. The first kappa shape index (κ1) is 25.0. The molecule has 7 heteroatoms. The molecule has 0 aromatic heterocycles. The summed E-state index contributed by atoms with van der Waals surface area (Å²) >= 11 is 0. The van der Waals surface area contributed by atoms with Crippen molar-refractivity contribution < 1.29 is 24.1 Å². The summed E-state index contributed by atoms with van der Waals surface area (Å²) < 4.78 is 16.3. The molecule has 2 N–H and O–H groups in total. The fourth-order valence-corrected chi connectivity index (χ4v) is 3.70. The smallest absolute Gasteiger partial charge is 0.344 e. The summed E-state index contributed by atoms with van der Waals surface area (Å²) in [6.07, 6.45) is 3.22. The molecule has 0 saturated heterocycles. The zero-order valence-corrected chi connectivity index (χ0v) is 18.7.